The Kier molecular flexibility index (Phi) is 3.89. The standard InChI is InChI=1S/C13H19N3/c1-5-13(3,4)9-15-12-11(8-14)7-6-10(2)16-12/h6-7H,5,9H2,1-4H3,(H,15,16). The number of nitrogens with one attached hydrogen (secondary N) is 1. The third kappa shape index (κ3) is 3.23. The lowest BCUT2D eigenvalue weighted by Crippen LogP contribution is -2.23. The predicted octanol–water partition coefficient (Wildman–Crippen LogP) is 3.11. The highest BCUT2D eigenvalue weighted by atomic mass is 15.0. The van der Waals surface area contributed by atoms with Gasteiger partial charge in [0.1, 0.15) is 11.9 Å². The lowest BCUT2D eigenvalue weighted by molar-refractivity contribution is 0.376. The summed E-state index contributed by atoms with van der Waals surface area (Å²) in [4.78, 5) is 4.35. The third-order valence-electron chi connectivity index (χ3n) is 2.85. The molecule has 0 fully saturated rings. The monoisotopic (exact) mass is 217 g/mol. The summed E-state index contributed by atoms with van der Waals surface area (Å²) >= 11 is 0. The number of aromatic nitrogens is 1. The second kappa shape index (κ2) is 4.98. The van der Waals surface area contributed by atoms with Gasteiger partial charge in [-0.1, -0.05) is 20.8 Å². The molecule has 16 heavy (non-hydrogen) atoms. The average Bonchev–Trinajstić information content (AvgIpc) is 2.27. The van der Waals surface area contributed by atoms with Gasteiger partial charge in [-0.25, -0.2) is 4.98 Å². The van der Waals surface area contributed by atoms with Crippen LogP contribution in [0.5, 0.6) is 0 Å². The van der Waals surface area contributed by atoms with Gasteiger partial charge in [0.15, 0.2) is 0 Å². The molecule has 1 rings (SSSR count). The van der Waals surface area contributed by atoms with Crippen molar-refractivity contribution in [3.8, 4) is 6.07 Å². The molecule has 86 valence electrons. The maximum Gasteiger partial charge on any atom is 0.144 e. The molecule has 1 aromatic heterocycles. The first-order valence-electron chi connectivity index (χ1n) is 5.60. The molecule has 0 aromatic carbocycles. The van der Waals surface area contributed by atoms with Crippen molar-refractivity contribution < 1.29 is 0 Å². The molecule has 0 atom stereocenters. The highest BCUT2D eigenvalue weighted by Crippen LogP contribution is 2.21. The van der Waals surface area contributed by atoms with E-state index in [0.29, 0.717) is 11.4 Å². The van der Waals surface area contributed by atoms with Crippen molar-refractivity contribution >= 4 is 5.82 Å². The number of rotatable bonds is 4. The van der Waals surface area contributed by atoms with E-state index in [9.17, 15) is 0 Å². The molecule has 0 bridgehead atoms. The van der Waals surface area contributed by atoms with Gasteiger partial charge < -0.3 is 5.32 Å². The Bertz CT molecular complexity index is 402. The Balaban J connectivity index is 2.81. The number of nitrogens with zero attached hydrogens (tertiary/aromatic N) is 2. The number of nitriles is 1. The van der Waals surface area contributed by atoms with E-state index < -0.39 is 0 Å². The van der Waals surface area contributed by atoms with E-state index in [1.807, 2.05) is 19.1 Å². The molecule has 0 aliphatic heterocycles. The molecule has 0 saturated carbocycles. The highest BCUT2D eigenvalue weighted by molar-refractivity contribution is 5.52. The number of aryl methyl sites for hydroxylation is 1. The number of anilines is 1. The lowest BCUT2D eigenvalue weighted by atomic mass is 9.90. The Morgan fingerprint density at radius 2 is 2.12 bits per heavy atom. The molecule has 0 aliphatic carbocycles. The van der Waals surface area contributed by atoms with Crippen molar-refractivity contribution in [3.63, 3.8) is 0 Å². The van der Waals surface area contributed by atoms with E-state index in [1.165, 1.54) is 0 Å². The van der Waals surface area contributed by atoms with E-state index in [-0.39, 0.29) is 5.41 Å². The molecule has 0 spiro atoms. The van der Waals surface area contributed by atoms with Gasteiger partial charge in [0, 0.05) is 12.2 Å². The van der Waals surface area contributed by atoms with Crippen molar-refractivity contribution in [2.75, 3.05) is 11.9 Å². The first-order chi connectivity index (χ1) is 7.48. The molecule has 0 aliphatic rings. The van der Waals surface area contributed by atoms with Crippen molar-refractivity contribution in [3.05, 3.63) is 23.4 Å². The zero-order chi connectivity index (χ0) is 12.2. The summed E-state index contributed by atoms with van der Waals surface area (Å²) in [5.74, 6) is 0.698. The Hall–Kier alpha value is -1.56. The van der Waals surface area contributed by atoms with Crippen LogP contribution in [0.2, 0.25) is 0 Å². The molecular formula is C13H19N3. The van der Waals surface area contributed by atoms with Crippen molar-refractivity contribution in [1.82, 2.24) is 4.98 Å². The minimum absolute atomic E-state index is 0.220. The second-order valence-electron chi connectivity index (χ2n) is 4.83. The number of hydrogen-bond acceptors (Lipinski definition) is 3. The van der Waals surface area contributed by atoms with Crippen molar-refractivity contribution in [2.45, 2.75) is 34.1 Å². The molecule has 1 aromatic rings. The van der Waals surface area contributed by atoms with E-state index >= 15 is 0 Å². The topological polar surface area (TPSA) is 48.7 Å². The normalized spacial score (nSPS) is 10.9. The van der Waals surface area contributed by atoms with Gasteiger partial charge in [0.2, 0.25) is 0 Å². The molecular weight excluding hydrogens is 198 g/mol. The van der Waals surface area contributed by atoms with Crippen LogP contribution in [0.3, 0.4) is 0 Å². The summed E-state index contributed by atoms with van der Waals surface area (Å²) in [6, 6.07) is 5.82. The summed E-state index contributed by atoms with van der Waals surface area (Å²) < 4.78 is 0. The van der Waals surface area contributed by atoms with Gasteiger partial charge in [-0.15, -0.1) is 0 Å². The minimum atomic E-state index is 0.220. The fourth-order valence-electron chi connectivity index (χ4n) is 1.23. The van der Waals surface area contributed by atoms with Crippen LogP contribution in [0.25, 0.3) is 0 Å². The van der Waals surface area contributed by atoms with Crippen LogP contribution in [-0.2, 0) is 0 Å². The fraction of sp³-hybridized carbons (Fsp3) is 0.538. The first-order valence-corrected chi connectivity index (χ1v) is 5.60. The van der Waals surface area contributed by atoms with E-state index in [0.717, 1.165) is 18.7 Å². The lowest BCUT2D eigenvalue weighted by Gasteiger charge is -2.23. The summed E-state index contributed by atoms with van der Waals surface area (Å²) in [6.07, 6.45) is 1.09. The predicted molar refractivity (Wildman–Crippen MR) is 66.3 cm³/mol. The maximum absolute atomic E-state index is 8.97. The van der Waals surface area contributed by atoms with Gasteiger partial charge in [0.25, 0.3) is 0 Å². The van der Waals surface area contributed by atoms with Crippen LogP contribution >= 0.6 is 0 Å². The summed E-state index contributed by atoms with van der Waals surface area (Å²) in [7, 11) is 0. The van der Waals surface area contributed by atoms with Gasteiger partial charge >= 0.3 is 0 Å². The molecule has 0 radical (unpaired) electrons. The molecule has 0 unspecified atom stereocenters. The third-order valence-corrected chi connectivity index (χ3v) is 2.85. The Morgan fingerprint density at radius 1 is 1.44 bits per heavy atom. The highest BCUT2D eigenvalue weighted by Gasteiger charge is 2.15. The van der Waals surface area contributed by atoms with Gasteiger partial charge in [-0.3, -0.25) is 0 Å². The fourth-order valence-corrected chi connectivity index (χ4v) is 1.23. The van der Waals surface area contributed by atoms with Crippen LogP contribution < -0.4 is 5.32 Å². The quantitative estimate of drug-likeness (QED) is 0.843. The second-order valence-corrected chi connectivity index (χ2v) is 4.83. The van der Waals surface area contributed by atoms with Gasteiger partial charge in [-0.2, -0.15) is 5.26 Å². The van der Waals surface area contributed by atoms with E-state index in [1.54, 1.807) is 0 Å². The van der Waals surface area contributed by atoms with Gasteiger partial charge in [-0.05, 0) is 30.9 Å². The largest absolute Gasteiger partial charge is 0.368 e. The zero-order valence-electron chi connectivity index (χ0n) is 10.5. The van der Waals surface area contributed by atoms with Crippen LogP contribution in [0.15, 0.2) is 12.1 Å². The van der Waals surface area contributed by atoms with Crippen LogP contribution in [0.4, 0.5) is 5.82 Å². The molecule has 0 amide bonds. The van der Waals surface area contributed by atoms with Gasteiger partial charge in [0.05, 0.1) is 5.56 Å². The summed E-state index contributed by atoms with van der Waals surface area (Å²) in [5.41, 5.74) is 1.76. The molecule has 3 heteroatoms. The number of pyridine rings is 1. The summed E-state index contributed by atoms with van der Waals surface area (Å²) in [6.45, 7) is 9.31. The average molecular weight is 217 g/mol. The maximum atomic E-state index is 8.97. The minimum Gasteiger partial charge on any atom is -0.368 e. The smallest absolute Gasteiger partial charge is 0.144 e. The zero-order valence-corrected chi connectivity index (χ0v) is 10.5. The Morgan fingerprint density at radius 3 is 2.69 bits per heavy atom. The van der Waals surface area contributed by atoms with E-state index in [2.05, 4.69) is 37.1 Å². The van der Waals surface area contributed by atoms with Crippen molar-refractivity contribution in [1.29, 1.82) is 5.26 Å². The molecule has 0 saturated heterocycles. The SMILES string of the molecule is CCC(C)(C)CNc1nc(C)ccc1C#N. The first kappa shape index (κ1) is 12.5. The molecule has 3 nitrogen and oxygen atoms in total. The Labute approximate surface area is 97.5 Å². The summed E-state index contributed by atoms with van der Waals surface area (Å²) in [5, 5.41) is 12.2. The van der Waals surface area contributed by atoms with Crippen molar-refractivity contribution in [2.24, 2.45) is 5.41 Å². The molecule has 1 N–H and O–H groups in total. The van der Waals surface area contributed by atoms with Crippen LogP contribution in [0.1, 0.15) is 38.4 Å². The number of hydrogen-bond donors (Lipinski definition) is 1. The van der Waals surface area contributed by atoms with Crippen LogP contribution in [-0.4, -0.2) is 11.5 Å². The van der Waals surface area contributed by atoms with Crippen LogP contribution in [0, 0.1) is 23.7 Å². The van der Waals surface area contributed by atoms with E-state index in [4.69, 9.17) is 5.26 Å². The molecule has 1 heterocycles.